The summed E-state index contributed by atoms with van der Waals surface area (Å²) in [6.07, 6.45) is 2.36. The van der Waals surface area contributed by atoms with Gasteiger partial charge in [0.15, 0.2) is 5.82 Å². The fourth-order valence-corrected chi connectivity index (χ4v) is 1.49. The molecule has 0 saturated heterocycles. The molecule has 3 rings (SSSR count). The van der Waals surface area contributed by atoms with Crippen molar-refractivity contribution in [2.24, 2.45) is 0 Å². The summed E-state index contributed by atoms with van der Waals surface area (Å²) in [5.74, 6) is 1.94. The highest BCUT2D eigenvalue weighted by atomic mass is 16.5. The van der Waals surface area contributed by atoms with Gasteiger partial charge in [0.25, 0.3) is 5.89 Å². The minimum absolute atomic E-state index is 0.524. The van der Waals surface area contributed by atoms with Crippen molar-refractivity contribution in [3.8, 4) is 11.5 Å². The lowest BCUT2D eigenvalue weighted by molar-refractivity contribution is 0.422. The second-order valence-corrected chi connectivity index (χ2v) is 3.85. The van der Waals surface area contributed by atoms with Gasteiger partial charge >= 0.3 is 0 Å². The maximum Gasteiger partial charge on any atom is 0.257 e. The first-order valence-electron chi connectivity index (χ1n) is 5.02. The summed E-state index contributed by atoms with van der Waals surface area (Å²) in [4.78, 5) is 4.35. The molecule has 0 atom stereocenters. The summed E-state index contributed by atoms with van der Waals surface area (Å²) in [7, 11) is 0. The molecule has 1 aliphatic carbocycles. The van der Waals surface area contributed by atoms with Gasteiger partial charge in [-0.25, -0.2) is 0 Å². The van der Waals surface area contributed by atoms with E-state index in [-0.39, 0.29) is 0 Å². The van der Waals surface area contributed by atoms with Crippen molar-refractivity contribution in [2.75, 3.05) is 5.73 Å². The van der Waals surface area contributed by atoms with E-state index in [9.17, 15) is 0 Å². The maximum absolute atomic E-state index is 5.60. The van der Waals surface area contributed by atoms with Gasteiger partial charge in [0.05, 0.1) is 0 Å². The van der Waals surface area contributed by atoms with E-state index in [1.165, 1.54) is 12.8 Å². The highest BCUT2D eigenvalue weighted by Crippen LogP contribution is 2.38. The van der Waals surface area contributed by atoms with Crippen molar-refractivity contribution in [3.05, 3.63) is 30.1 Å². The summed E-state index contributed by atoms with van der Waals surface area (Å²) >= 11 is 0. The van der Waals surface area contributed by atoms with Crippen LogP contribution in [-0.2, 0) is 0 Å². The van der Waals surface area contributed by atoms with E-state index in [4.69, 9.17) is 10.3 Å². The van der Waals surface area contributed by atoms with E-state index in [1.54, 1.807) is 0 Å². The first-order chi connectivity index (χ1) is 7.33. The predicted octanol–water partition coefficient (Wildman–Crippen LogP) is 2.20. The van der Waals surface area contributed by atoms with Crippen LogP contribution >= 0.6 is 0 Å². The van der Waals surface area contributed by atoms with Gasteiger partial charge < -0.3 is 10.3 Å². The Morgan fingerprint density at radius 3 is 2.60 bits per heavy atom. The van der Waals surface area contributed by atoms with Crippen molar-refractivity contribution in [2.45, 2.75) is 18.8 Å². The van der Waals surface area contributed by atoms with Crippen LogP contribution in [-0.4, -0.2) is 10.1 Å². The molecule has 4 nitrogen and oxygen atoms in total. The molecule has 76 valence electrons. The number of benzene rings is 1. The molecule has 1 aromatic heterocycles. The normalized spacial score (nSPS) is 15.5. The summed E-state index contributed by atoms with van der Waals surface area (Å²) < 4.78 is 5.19. The summed E-state index contributed by atoms with van der Waals surface area (Å²) in [5, 5.41) is 3.96. The van der Waals surface area contributed by atoms with E-state index < -0.39 is 0 Å². The van der Waals surface area contributed by atoms with Gasteiger partial charge in [-0.2, -0.15) is 4.98 Å². The average molecular weight is 201 g/mol. The van der Waals surface area contributed by atoms with E-state index in [2.05, 4.69) is 10.1 Å². The van der Waals surface area contributed by atoms with Crippen LogP contribution in [0.1, 0.15) is 24.6 Å². The molecule has 1 fully saturated rings. The van der Waals surface area contributed by atoms with E-state index in [0.717, 1.165) is 17.1 Å². The number of nitrogens with two attached hydrogens (primary N) is 1. The van der Waals surface area contributed by atoms with Gasteiger partial charge in [-0.05, 0) is 37.1 Å². The quantitative estimate of drug-likeness (QED) is 0.756. The van der Waals surface area contributed by atoms with Crippen molar-refractivity contribution in [1.82, 2.24) is 10.1 Å². The summed E-state index contributed by atoms with van der Waals surface area (Å²) in [5.41, 5.74) is 7.26. The van der Waals surface area contributed by atoms with Gasteiger partial charge in [0, 0.05) is 17.2 Å². The number of nitrogen functional groups attached to an aromatic ring is 1. The third-order valence-electron chi connectivity index (χ3n) is 2.54. The fourth-order valence-electron chi connectivity index (χ4n) is 1.49. The third kappa shape index (κ3) is 1.58. The molecular weight excluding hydrogens is 190 g/mol. The molecule has 2 aromatic rings. The largest absolute Gasteiger partial charge is 0.399 e. The molecule has 0 amide bonds. The number of hydrogen-bond donors (Lipinski definition) is 1. The first-order valence-corrected chi connectivity index (χ1v) is 5.02. The van der Waals surface area contributed by atoms with Gasteiger partial charge in [-0.15, -0.1) is 0 Å². The highest BCUT2D eigenvalue weighted by Gasteiger charge is 2.28. The van der Waals surface area contributed by atoms with Crippen LogP contribution in [0, 0.1) is 0 Å². The molecule has 1 aromatic carbocycles. The number of aromatic nitrogens is 2. The molecule has 2 N–H and O–H groups in total. The van der Waals surface area contributed by atoms with Gasteiger partial charge in [-0.3, -0.25) is 0 Å². The molecule has 0 spiro atoms. The minimum atomic E-state index is 0.524. The zero-order chi connectivity index (χ0) is 10.3. The fraction of sp³-hybridized carbons (Fsp3) is 0.273. The molecule has 0 unspecified atom stereocenters. The zero-order valence-electron chi connectivity index (χ0n) is 8.18. The molecule has 0 aliphatic heterocycles. The Bertz CT molecular complexity index is 471. The summed E-state index contributed by atoms with van der Waals surface area (Å²) in [6, 6.07) is 7.44. The lowest BCUT2D eigenvalue weighted by atomic mass is 10.2. The number of hydrogen-bond acceptors (Lipinski definition) is 4. The molecule has 1 heterocycles. The smallest absolute Gasteiger partial charge is 0.257 e. The SMILES string of the molecule is Nc1ccc(-c2nc(C3CC3)no2)cc1. The Balaban J connectivity index is 1.93. The first kappa shape index (κ1) is 8.47. The van der Waals surface area contributed by atoms with Crippen molar-refractivity contribution >= 4 is 5.69 Å². The molecule has 4 heteroatoms. The molecular formula is C11H11N3O. The molecule has 0 bridgehead atoms. The van der Waals surface area contributed by atoms with Gasteiger partial charge in [0.1, 0.15) is 0 Å². The molecule has 1 saturated carbocycles. The number of rotatable bonds is 2. The maximum atomic E-state index is 5.60. The Morgan fingerprint density at radius 1 is 1.20 bits per heavy atom. The standard InChI is InChI=1S/C11H11N3O/c12-9-5-3-8(4-6-9)11-13-10(14-15-11)7-1-2-7/h3-7H,1-2,12H2. The van der Waals surface area contributed by atoms with E-state index in [1.807, 2.05) is 24.3 Å². The third-order valence-corrected chi connectivity index (χ3v) is 2.54. The van der Waals surface area contributed by atoms with Crippen LogP contribution in [0.4, 0.5) is 5.69 Å². The van der Waals surface area contributed by atoms with Crippen LogP contribution < -0.4 is 5.73 Å². The second kappa shape index (κ2) is 3.08. The van der Waals surface area contributed by atoms with Gasteiger partial charge in [-0.1, -0.05) is 5.16 Å². The molecule has 1 aliphatic rings. The lowest BCUT2D eigenvalue weighted by Crippen LogP contribution is -1.84. The predicted molar refractivity (Wildman–Crippen MR) is 56.1 cm³/mol. The minimum Gasteiger partial charge on any atom is -0.399 e. The van der Waals surface area contributed by atoms with Crippen LogP contribution in [0.2, 0.25) is 0 Å². The second-order valence-electron chi connectivity index (χ2n) is 3.85. The number of anilines is 1. The van der Waals surface area contributed by atoms with Crippen LogP contribution in [0.25, 0.3) is 11.5 Å². The Labute approximate surface area is 87.1 Å². The zero-order valence-corrected chi connectivity index (χ0v) is 8.18. The van der Waals surface area contributed by atoms with Crippen molar-refractivity contribution < 1.29 is 4.52 Å². The Hall–Kier alpha value is -1.84. The molecule has 0 radical (unpaired) electrons. The molecule has 15 heavy (non-hydrogen) atoms. The van der Waals surface area contributed by atoms with E-state index >= 15 is 0 Å². The Morgan fingerprint density at radius 2 is 1.93 bits per heavy atom. The van der Waals surface area contributed by atoms with Crippen LogP contribution in [0.15, 0.2) is 28.8 Å². The van der Waals surface area contributed by atoms with Crippen LogP contribution in [0.5, 0.6) is 0 Å². The van der Waals surface area contributed by atoms with Crippen molar-refractivity contribution in [3.63, 3.8) is 0 Å². The van der Waals surface area contributed by atoms with Crippen LogP contribution in [0.3, 0.4) is 0 Å². The monoisotopic (exact) mass is 201 g/mol. The van der Waals surface area contributed by atoms with Crippen molar-refractivity contribution in [1.29, 1.82) is 0 Å². The van der Waals surface area contributed by atoms with E-state index in [0.29, 0.717) is 11.8 Å². The summed E-state index contributed by atoms with van der Waals surface area (Å²) in [6.45, 7) is 0. The topological polar surface area (TPSA) is 64.9 Å². The highest BCUT2D eigenvalue weighted by molar-refractivity contribution is 5.56. The average Bonchev–Trinajstić information content (AvgIpc) is 2.99. The Kier molecular flexibility index (Phi) is 1.74. The lowest BCUT2D eigenvalue weighted by Gasteiger charge is -1.94. The number of nitrogens with zero attached hydrogens (tertiary/aromatic N) is 2. The van der Waals surface area contributed by atoms with Gasteiger partial charge in [0.2, 0.25) is 0 Å².